The van der Waals surface area contributed by atoms with E-state index in [0.717, 1.165) is 17.1 Å². The molecule has 0 fully saturated rings. The molecule has 1 aliphatic heterocycles. The second-order valence-corrected chi connectivity index (χ2v) is 13.8. The third-order valence-electron chi connectivity index (χ3n) is 9.35. The molecule has 0 radical (unpaired) electrons. The predicted octanol–water partition coefficient (Wildman–Crippen LogP) is 6.94. The Labute approximate surface area is 312 Å². The van der Waals surface area contributed by atoms with Crippen LogP contribution in [0.4, 0.5) is 17.1 Å². The van der Waals surface area contributed by atoms with Gasteiger partial charge in [0.25, 0.3) is 5.91 Å². The molecular formula is C42H51N5O6. The number of para-hydroxylation sites is 4. The number of nitrogens with one attached hydrogen (secondary N) is 2. The van der Waals surface area contributed by atoms with Gasteiger partial charge in [0, 0.05) is 38.4 Å². The Morgan fingerprint density at radius 1 is 0.887 bits per heavy atom. The summed E-state index contributed by atoms with van der Waals surface area (Å²) in [6.07, 6.45) is 2.14. The van der Waals surface area contributed by atoms with E-state index < -0.39 is 6.04 Å². The maximum Gasteiger partial charge on any atom is 0.258 e. The quantitative estimate of drug-likeness (QED) is 0.0719. The highest BCUT2D eigenvalue weighted by Crippen LogP contribution is 2.35. The zero-order valence-electron chi connectivity index (χ0n) is 30.8. The number of benzene rings is 4. The highest BCUT2D eigenvalue weighted by Gasteiger charge is 2.34. The highest BCUT2D eigenvalue weighted by molar-refractivity contribution is 6.01. The molecular weight excluding hydrogens is 670 g/mol. The predicted molar refractivity (Wildman–Crippen MR) is 208 cm³/mol. The van der Waals surface area contributed by atoms with Gasteiger partial charge in [-0.1, -0.05) is 61.9 Å². The minimum absolute atomic E-state index is 0.0931. The van der Waals surface area contributed by atoms with Crippen molar-refractivity contribution in [2.45, 2.75) is 64.6 Å². The van der Waals surface area contributed by atoms with Gasteiger partial charge < -0.3 is 35.8 Å². The van der Waals surface area contributed by atoms with E-state index in [1.54, 1.807) is 35.2 Å². The zero-order chi connectivity index (χ0) is 37.7. The molecule has 0 bridgehead atoms. The van der Waals surface area contributed by atoms with E-state index in [1.165, 1.54) is 0 Å². The Morgan fingerprint density at radius 2 is 1.51 bits per heavy atom. The average Bonchev–Trinajstić information content (AvgIpc) is 3.15. The molecule has 0 aliphatic carbocycles. The zero-order valence-corrected chi connectivity index (χ0v) is 30.8. The SMILES string of the molecule is C[C@H](CO)N1C[C@H](C)[C@H](CN(C)Cc2ccc(Oc3ccccc3)cc2)Oc2c(NC(=O)CCCCCC(=O)Nc3ccccc3N)cccc2C1=O. The van der Waals surface area contributed by atoms with E-state index >= 15 is 0 Å². The van der Waals surface area contributed by atoms with E-state index in [0.29, 0.717) is 73.7 Å². The number of nitrogens with zero attached hydrogens (tertiary/aromatic N) is 2. The van der Waals surface area contributed by atoms with Crippen molar-refractivity contribution in [2.24, 2.45) is 5.92 Å². The van der Waals surface area contributed by atoms with Crippen molar-refractivity contribution in [1.82, 2.24) is 9.80 Å². The van der Waals surface area contributed by atoms with E-state index in [9.17, 15) is 19.5 Å². The second-order valence-electron chi connectivity index (χ2n) is 13.8. The lowest BCUT2D eigenvalue weighted by Gasteiger charge is -2.38. The number of nitrogens with two attached hydrogens (primary N) is 1. The molecule has 11 heteroatoms. The number of rotatable bonds is 16. The number of unbranched alkanes of at least 4 members (excludes halogenated alkanes) is 2. The van der Waals surface area contributed by atoms with Crippen LogP contribution in [0.5, 0.6) is 17.2 Å². The van der Waals surface area contributed by atoms with Gasteiger partial charge in [-0.3, -0.25) is 19.3 Å². The lowest BCUT2D eigenvalue weighted by Crippen LogP contribution is -2.49. The molecule has 1 heterocycles. The lowest BCUT2D eigenvalue weighted by molar-refractivity contribution is -0.116. The number of ether oxygens (including phenoxy) is 2. The second kappa shape index (κ2) is 18.9. The maximum absolute atomic E-state index is 13.9. The van der Waals surface area contributed by atoms with Crippen LogP contribution in [0.25, 0.3) is 0 Å². The van der Waals surface area contributed by atoms with E-state index in [-0.39, 0.29) is 42.8 Å². The van der Waals surface area contributed by atoms with Crippen molar-refractivity contribution in [3.63, 3.8) is 0 Å². The first kappa shape index (κ1) is 38.8. The number of aliphatic hydroxyl groups is 1. The van der Waals surface area contributed by atoms with Crippen LogP contribution in [-0.2, 0) is 16.1 Å². The number of carbonyl (C=O) groups excluding carboxylic acids is 3. The third-order valence-corrected chi connectivity index (χ3v) is 9.35. The van der Waals surface area contributed by atoms with Crippen LogP contribution in [0.1, 0.15) is 61.9 Å². The standard InChI is InChI=1S/C42H51N5O6/c1-29-25-47(30(2)28-48)42(51)34-15-12-18-37(45-40(50)20-9-5-8-19-39(49)44-36-17-11-10-16-35(36)43)41(34)53-38(29)27-46(3)26-31-21-23-33(24-22-31)52-32-13-6-4-7-14-32/h4,6-7,10-18,21-24,29-30,38,48H,5,8-9,19-20,25-28,43H2,1-3H3,(H,44,49)(H,45,50)/t29-,30+,38-/m0/s1. The van der Waals surface area contributed by atoms with Crippen LogP contribution < -0.4 is 25.8 Å². The molecule has 5 rings (SSSR count). The molecule has 4 aromatic rings. The summed E-state index contributed by atoms with van der Waals surface area (Å²) in [6, 6.07) is 29.5. The Bertz CT molecular complexity index is 1820. The van der Waals surface area contributed by atoms with Crippen LogP contribution in [-0.4, -0.2) is 71.5 Å². The molecule has 0 spiro atoms. The Morgan fingerprint density at radius 3 is 2.19 bits per heavy atom. The number of aliphatic hydroxyl groups excluding tert-OH is 1. The summed E-state index contributed by atoms with van der Waals surface area (Å²) < 4.78 is 12.6. The van der Waals surface area contributed by atoms with Crippen molar-refractivity contribution in [2.75, 3.05) is 43.1 Å². The van der Waals surface area contributed by atoms with Gasteiger partial charge in [0.15, 0.2) is 5.75 Å². The number of amides is 3. The lowest BCUT2D eigenvalue weighted by atomic mass is 9.98. The molecule has 0 unspecified atom stereocenters. The number of likely N-dealkylation sites (N-methyl/N-ethyl adjacent to an activating group) is 1. The van der Waals surface area contributed by atoms with Crippen molar-refractivity contribution in [3.05, 3.63) is 108 Å². The Hall–Kier alpha value is -5.39. The molecule has 11 nitrogen and oxygen atoms in total. The van der Waals surface area contributed by atoms with Gasteiger partial charge >= 0.3 is 0 Å². The average molecular weight is 722 g/mol. The first-order chi connectivity index (χ1) is 25.6. The van der Waals surface area contributed by atoms with Crippen molar-refractivity contribution < 1.29 is 29.0 Å². The number of hydrogen-bond donors (Lipinski definition) is 4. The van der Waals surface area contributed by atoms with Gasteiger partial charge in [0.05, 0.1) is 35.3 Å². The van der Waals surface area contributed by atoms with Crippen molar-refractivity contribution in [1.29, 1.82) is 0 Å². The van der Waals surface area contributed by atoms with Gasteiger partial charge in [0.2, 0.25) is 11.8 Å². The smallest absolute Gasteiger partial charge is 0.258 e. The molecule has 53 heavy (non-hydrogen) atoms. The van der Waals surface area contributed by atoms with Crippen LogP contribution in [0.15, 0.2) is 97.1 Å². The normalized spacial score (nSPS) is 16.2. The first-order valence-corrected chi connectivity index (χ1v) is 18.3. The van der Waals surface area contributed by atoms with Gasteiger partial charge in [0.1, 0.15) is 17.6 Å². The molecule has 280 valence electrons. The summed E-state index contributed by atoms with van der Waals surface area (Å²) in [5.74, 6) is 1.17. The van der Waals surface area contributed by atoms with Crippen molar-refractivity contribution >= 4 is 34.8 Å². The fraction of sp³-hybridized carbons (Fsp3) is 0.357. The van der Waals surface area contributed by atoms with Gasteiger partial charge in [-0.25, -0.2) is 0 Å². The van der Waals surface area contributed by atoms with Gasteiger partial charge in [-0.2, -0.15) is 0 Å². The van der Waals surface area contributed by atoms with Crippen LogP contribution in [0, 0.1) is 5.92 Å². The number of carbonyl (C=O) groups is 3. The van der Waals surface area contributed by atoms with E-state index in [2.05, 4.69) is 15.5 Å². The number of hydrogen-bond acceptors (Lipinski definition) is 8. The fourth-order valence-corrected chi connectivity index (χ4v) is 6.31. The number of anilines is 3. The summed E-state index contributed by atoms with van der Waals surface area (Å²) in [5, 5.41) is 15.9. The minimum atomic E-state index is -0.406. The summed E-state index contributed by atoms with van der Waals surface area (Å²) in [4.78, 5) is 43.3. The third kappa shape index (κ3) is 11.1. The molecule has 0 saturated heterocycles. The minimum Gasteiger partial charge on any atom is -0.486 e. The molecule has 3 atom stereocenters. The number of nitrogen functional groups attached to an aromatic ring is 1. The first-order valence-electron chi connectivity index (χ1n) is 18.3. The van der Waals surface area contributed by atoms with E-state index in [1.807, 2.05) is 87.6 Å². The molecule has 4 aromatic carbocycles. The fourth-order valence-electron chi connectivity index (χ4n) is 6.31. The molecule has 3 amide bonds. The highest BCUT2D eigenvalue weighted by atomic mass is 16.5. The maximum atomic E-state index is 13.9. The van der Waals surface area contributed by atoms with Crippen LogP contribution in [0.2, 0.25) is 0 Å². The molecule has 1 aliphatic rings. The van der Waals surface area contributed by atoms with Crippen LogP contribution in [0.3, 0.4) is 0 Å². The summed E-state index contributed by atoms with van der Waals surface area (Å²) in [6.45, 7) is 5.29. The van der Waals surface area contributed by atoms with E-state index in [4.69, 9.17) is 15.2 Å². The molecule has 5 N–H and O–H groups in total. The summed E-state index contributed by atoms with van der Waals surface area (Å²) >= 11 is 0. The topological polar surface area (TPSA) is 146 Å². The van der Waals surface area contributed by atoms with Crippen LogP contribution >= 0.6 is 0 Å². The van der Waals surface area contributed by atoms with Gasteiger partial charge in [-0.15, -0.1) is 0 Å². The summed E-state index contributed by atoms with van der Waals surface area (Å²) in [7, 11) is 2.03. The summed E-state index contributed by atoms with van der Waals surface area (Å²) in [5.41, 5.74) is 8.88. The molecule has 0 aromatic heterocycles. The Kier molecular flexibility index (Phi) is 13.9. The largest absolute Gasteiger partial charge is 0.486 e. The van der Waals surface area contributed by atoms with Crippen molar-refractivity contribution in [3.8, 4) is 17.2 Å². The number of fused-ring (bicyclic) bond motifs is 1. The molecule has 0 saturated carbocycles. The Balaban J connectivity index is 1.21. The van der Waals surface area contributed by atoms with Gasteiger partial charge in [-0.05, 0) is 80.9 Å². The monoisotopic (exact) mass is 721 g/mol.